The van der Waals surface area contributed by atoms with Crippen LogP contribution in [0.2, 0.25) is 0 Å². The van der Waals surface area contributed by atoms with Gasteiger partial charge in [0.2, 0.25) is 0 Å². The first-order valence-electron chi connectivity index (χ1n) is 6.30. The molecule has 2 aromatic heterocycles. The van der Waals surface area contributed by atoms with Crippen LogP contribution in [0.15, 0.2) is 30.7 Å². The molecule has 0 unspecified atom stereocenters. The molecule has 2 N–H and O–H groups in total. The minimum Gasteiger partial charge on any atom is -0.384 e. The van der Waals surface area contributed by atoms with E-state index in [0.29, 0.717) is 23.5 Å². The number of carbonyl (C=O) groups excluding carboxylic acids is 1. The van der Waals surface area contributed by atoms with Gasteiger partial charge in [0.25, 0.3) is 5.91 Å². The van der Waals surface area contributed by atoms with E-state index in [1.807, 2.05) is 6.92 Å². The summed E-state index contributed by atoms with van der Waals surface area (Å²) in [5, 5.41) is 11.3. The number of nitrogens with one attached hydrogen (secondary N) is 1. The Morgan fingerprint density at radius 1 is 1.24 bits per heavy atom. The molecule has 0 saturated carbocycles. The number of hydrogen-bond donors (Lipinski definition) is 2. The lowest BCUT2D eigenvalue weighted by Gasteiger charge is -2.04. The number of aromatic nitrogens is 3. The minimum atomic E-state index is -0.293. The third kappa shape index (κ3) is 4.37. The van der Waals surface area contributed by atoms with Crippen molar-refractivity contribution in [2.45, 2.75) is 13.5 Å². The van der Waals surface area contributed by atoms with Crippen LogP contribution in [0.5, 0.6) is 0 Å². The van der Waals surface area contributed by atoms with Gasteiger partial charge in [0.1, 0.15) is 12.3 Å². The van der Waals surface area contributed by atoms with Crippen LogP contribution in [0.1, 0.15) is 27.4 Å². The van der Waals surface area contributed by atoms with Gasteiger partial charge in [-0.15, -0.1) is 0 Å². The van der Waals surface area contributed by atoms with Gasteiger partial charge in [-0.2, -0.15) is 0 Å². The summed E-state index contributed by atoms with van der Waals surface area (Å²) in [5.41, 5.74) is 2.44. The Labute approximate surface area is 122 Å². The molecule has 2 rings (SSSR count). The summed E-state index contributed by atoms with van der Waals surface area (Å²) in [6.45, 7) is 1.93. The van der Waals surface area contributed by atoms with Crippen LogP contribution in [0, 0.1) is 18.8 Å². The number of hydrogen-bond acceptors (Lipinski definition) is 5. The zero-order valence-corrected chi connectivity index (χ0v) is 11.5. The van der Waals surface area contributed by atoms with E-state index in [1.54, 1.807) is 24.5 Å². The topological polar surface area (TPSA) is 88.0 Å². The summed E-state index contributed by atoms with van der Waals surface area (Å²) < 4.78 is 0. The third-order valence-electron chi connectivity index (χ3n) is 2.57. The van der Waals surface area contributed by atoms with E-state index in [2.05, 4.69) is 32.1 Å². The second-order valence-electron chi connectivity index (χ2n) is 4.22. The highest BCUT2D eigenvalue weighted by molar-refractivity contribution is 5.92. The average molecular weight is 282 g/mol. The van der Waals surface area contributed by atoms with Crippen molar-refractivity contribution in [3.05, 3.63) is 53.4 Å². The van der Waals surface area contributed by atoms with Crippen molar-refractivity contribution in [2.75, 3.05) is 6.61 Å². The van der Waals surface area contributed by atoms with Crippen LogP contribution >= 0.6 is 0 Å². The van der Waals surface area contributed by atoms with Gasteiger partial charge in [-0.3, -0.25) is 14.8 Å². The number of pyridine rings is 1. The lowest BCUT2D eigenvalue weighted by molar-refractivity contribution is 0.0945. The monoisotopic (exact) mass is 282 g/mol. The van der Waals surface area contributed by atoms with Gasteiger partial charge in [-0.1, -0.05) is 11.8 Å². The van der Waals surface area contributed by atoms with E-state index in [9.17, 15) is 4.79 Å². The van der Waals surface area contributed by atoms with Crippen LogP contribution in [0.4, 0.5) is 0 Å². The number of aliphatic hydroxyl groups is 1. The molecule has 1 amide bonds. The first-order chi connectivity index (χ1) is 10.2. The summed E-state index contributed by atoms with van der Waals surface area (Å²) in [6.07, 6.45) is 4.76. The summed E-state index contributed by atoms with van der Waals surface area (Å²) in [6, 6.07) is 3.26. The summed E-state index contributed by atoms with van der Waals surface area (Å²) >= 11 is 0. The number of carbonyl (C=O) groups is 1. The summed E-state index contributed by atoms with van der Waals surface area (Å²) in [7, 11) is 0. The Kier molecular flexibility index (Phi) is 4.96. The van der Waals surface area contributed by atoms with Crippen LogP contribution in [-0.4, -0.2) is 32.6 Å². The Balaban J connectivity index is 1.95. The van der Waals surface area contributed by atoms with Gasteiger partial charge in [-0.25, -0.2) is 4.98 Å². The van der Waals surface area contributed by atoms with Gasteiger partial charge < -0.3 is 10.4 Å². The van der Waals surface area contributed by atoms with E-state index in [-0.39, 0.29) is 12.5 Å². The van der Waals surface area contributed by atoms with Crippen molar-refractivity contribution in [3.8, 4) is 11.8 Å². The van der Waals surface area contributed by atoms with E-state index < -0.39 is 0 Å². The maximum absolute atomic E-state index is 11.9. The van der Waals surface area contributed by atoms with Crippen molar-refractivity contribution in [2.24, 2.45) is 0 Å². The second kappa shape index (κ2) is 7.12. The van der Waals surface area contributed by atoms with E-state index in [4.69, 9.17) is 5.11 Å². The predicted octanol–water partition coefficient (Wildman–Crippen LogP) is 0.454. The lowest BCUT2D eigenvalue weighted by Crippen LogP contribution is -2.24. The lowest BCUT2D eigenvalue weighted by atomic mass is 10.2. The maximum Gasteiger partial charge on any atom is 0.270 e. The summed E-state index contributed by atoms with van der Waals surface area (Å²) in [5.74, 6) is 4.93. The quantitative estimate of drug-likeness (QED) is 0.798. The molecule has 106 valence electrons. The second-order valence-corrected chi connectivity index (χ2v) is 4.22. The molecule has 0 aliphatic carbocycles. The molecule has 2 heterocycles. The van der Waals surface area contributed by atoms with E-state index >= 15 is 0 Å². The maximum atomic E-state index is 11.9. The highest BCUT2D eigenvalue weighted by Crippen LogP contribution is 2.00. The number of rotatable bonds is 3. The van der Waals surface area contributed by atoms with Crippen molar-refractivity contribution in [1.29, 1.82) is 0 Å². The number of aryl methyl sites for hydroxylation is 1. The molecule has 0 fully saturated rings. The zero-order valence-electron chi connectivity index (χ0n) is 11.5. The Hall–Kier alpha value is -2.78. The van der Waals surface area contributed by atoms with Crippen LogP contribution in [-0.2, 0) is 6.54 Å². The van der Waals surface area contributed by atoms with Gasteiger partial charge in [-0.05, 0) is 19.1 Å². The Morgan fingerprint density at radius 2 is 2.10 bits per heavy atom. The molecule has 0 radical (unpaired) electrons. The smallest absolute Gasteiger partial charge is 0.270 e. The van der Waals surface area contributed by atoms with Crippen molar-refractivity contribution >= 4 is 5.91 Å². The molecule has 0 bridgehead atoms. The largest absolute Gasteiger partial charge is 0.384 e. The average Bonchev–Trinajstić information content (AvgIpc) is 2.52. The normalized spacial score (nSPS) is 9.62. The van der Waals surface area contributed by atoms with Crippen molar-refractivity contribution in [3.63, 3.8) is 0 Å². The molecular weight excluding hydrogens is 268 g/mol. The van der Waals surface area contributed by atoms with Gasteiger partial charge >= 0.3 is 0 Å². The van der Waals surface area contributed by atoms with Crippen LogP contribution in [0.25, 0.3) is 0 Å². The zero-order chi connectivity index (χ0) is 15.1. The van der Waals surface area contributed by atoms with E-state index in [1.165, 1.54) is 6.20 Å². The Morgan fingerprint density at radius 3 is 2.71 bits per heavy atom. The molecule has 0 aliphatic rings. The Bertz CT molecular complexity index is 670. The fourth-order valence-electron chi connectivity index (χ4n) is 1.52. The fraction of sp³-hybridized carbons (Fsp3) is 0.200. The fourth-order valence-corrected chi connectivity index (χ4v) is 1.52. The molecule has 0 saturated heterocycles. The van der Waals surface area contributed by atoms with Crippen LogP contribution < -0.4 is 5.32 Å². The first kappa shape index (κ1) is 14.6. The SMILES string of the molecule is Cc1cnc(CNC(=O)c2ccc(C#CCO)cn2)cn1. The van der Waals surface area contributed by atoms with Crippen LogP contribution in [0.3, 0.4) is 0 Å². The highest BCUT2D eigenvalue weighted by Gasteiger charge is 2.07. The minimum absolute atomic E-state index is 0.209. The molecule has 21 heavy (non-hydrogen) atoms. The molecule has 0 aliphatic heterocycles. The number of nitrogens with zero attached hydrogens (tertiary/aromatic N) is 3. The van der Waals surface area contributed by atoms with Gasteiger partial charge in [0, 0.05) is 18.0 Å². The molecule has 6 heteroatoms. The van der Waals surface area contributed by atoms with Gasteiger partial charge in [0.05, 0.1) is 24.1 Å². The molecule has 6 nitrogen and oxygen atoms in total. The molecule has 0 aromatic carbocycles. The molecule has 0 atom stereocenters. The molecular formula is C15H14N4O2. The standard InChI is InChI=1S/C15H14N4O2/c1-11-7-17-13(9-16-11)10-19-15(21)14-5-4-12(8-18-14)3-2-6-20/h4-5,7-9,20H,6,10H2,1H3,(H,19,21). The first-order valence-corrected chi connectivity index (χ1v) is 6.30. The number of amides is 1. The summed E-state index contributed by atoms with van der Waals surface area (Å²) in [4.78, 5) is 24.2. The van der Waals surface area contributed by atoms with Crippen molar-refractivity contribution in [1.82, 2.24) is 20.3 Å². The number of aliphatic hydroxyl groups excluding tert-OH is 1. The van der Waals surface area contributed by atoms with Gasteiger partial charge in [0.15, 0.2) is 0 Å². The molecule has 0 spiro atoms. The third-order valence-corrected chi connectivity index (χ3v) is 2.57. The van der Waals surface area contributed by atoms with Crippen molar-refractivity contribution < 1.29 is 9.90 Å². The predicted molar refractivity (Wildman–Crippen MR) is 76.1 cm³/mol. The highest BCUT2D eigenvalue weighted by atomic mass is 16.2. The van der Waals surface area contributed by atoms with E-state index in [0.717, 1.165) is 5.69 Å². The molecule has 2 aromatic rings.